The standard InChI is InChI=1S/C9H16O/c1-9(2,3)6-7-4-5-8(7)10/h7H,4-6H2,1-3H3. The Morgan fingerprint density at radius 2 is 2.10 bits per heavy atom. The summed E-state index contributed by atoms with van der Waals surface area (Å²) in [6.07, 6.45) is 3.04. The molecular weight excluding hydrogens is 124 g/mol. The molecule has 0 aromatic carbocycles. The molecule has 0 heterocycles. The maximum Gasteiger partial charge on any atom is 0.136 e. The second-order valence-electron chi connectivity index (χ2n) is 4.47. The minimum atomic E-state index is 0.334. The molecule has 1 unspecified atom stereocenters. The average molecular weight is 140 g/mol. The molecule has 1 rings (SSSR count). The monoisotopic (exact) mass is 140 g/mol. The van der Waals surface area contributed by atoms with Crippen LogP contribution in [0.25, 0.3) is 0 Å². The lowest BCUT2D eigenvalue weighted by atomic mass is 9.73. The van der Waals surface area contributed by atoms with Crippen molar-refractivity contribution in [3.8, 4) is 0 Å². The first-order valence-corrected chi connectivity index (χ1v) is 4.02. The van der Waals surface area contributed by atoms with Crippen LogP contribution >= 0.6 is 0 Å². The molecule has 0 N–H and O–H groups in total. The van der Waals surface area contributed by atoms with Gasteiger partial charge in [0.05, 0.1) is 0 Å². The van der Waals surface area contributed by atoms with Crippen molar-refractivity contribution in [3.63, 3.8) is 0 Å². The third kappa shape index (κ3) is 1.83. The van der Waals surface area contributed by atoms with Crippen molar-refractivity contribution in [1.29, 1.82) is 0 Å². The van der Waals surface area contributed by atoms with E-state index in [9.17, 15) is 4.79 Å². The predicted molar refractivity (Wildman–Crippen MR) is 41.8 cm³/mol. The molecule has 1 saturated carbocycles. The van der Waals surface area contributed by atoms with Crippen LogP contribution in [-0.4, -0.2) is 5.78 Å². The molecule has 0 aliphatic heterocycles. The number of rotatable bonds is 1. The van der Waals surface area contributed by atoms with E-state index < -0.39 is 0 Å². The van der Waals surface area contributed by atoms with Gasteiger partial charge in [-0.15, -0.1) is 0 Å². The summed E-state index contributed by atoms with van der Waals surface area (Å²) in [5, 5.41) is 0. The van der Waals surface area contributed by atoms with Gasteiger partial charge in [0.15, 0.2) is 0 Å². The smallest absolute Gasteiger partial charge is 0.136 e. The van der Waals surface area contributed by atoms with Crippen molar-refractivity contribution in [2.24, 2.45) is 11.3 Å². The summed E-state index contributed by atoms with van der Waals surface area (Å²) >= 11 is 0. The summed E-state index contributed by atoms with van der Waals surface area (Å²) in [4.78, 5) is 10.9. The van der Waals surface area contributed by atoms with Crippen LogP contribution in [0.5, 0.6) is 0 Å². The van der Waals surface area contributed by atoms with E-state index in [4.69, 9.17) is 0 Å². The Kier molecular flexibility index (Phi) is 1.84. The Morgan fingerprint density at radius 1 is 1.50 bits per heavy atom. The van der Waals surface area contributed by atoms with Gasteiger partial charge in [0.2, 0.25) is 0 Å². The van der Waals surface area contributed by atoms with E-state index in [0.717, 1.165) is 19.3 Å². The first-order valence-electron chi connectivity index (χ1n) is 4.02. The molecule has 58 valence electrons. The number of Topliss-reactive ketones (excluding diaryl/α,β-unsaturated/α-hetero) is 1. The maximum atomic E-state index is 10.9. The molecule has 0 amide bonds. The van der Waals surface area contributed by atoms with Gasteiger partial charge in [-0.1, -0.05) is 20.8 Å². The van der Waals surface area contributed by atoms with Crippen LogP contribution in [0.15, 0.2) is 0 Å². The Hall–Kier alpha value is -0.330. The Bertz CT molecular complexity index is 141. The highest BCUT2D eigenvalue weighted by atomic mass is 16.1. The fourth-order valence-electron chi connectivity index (χ4n) is 1.42. The first kappa shape index (κ1) is 7.77. The lowest BCUT2D eigenvalue weighted by molar-refractivity contribution is -0.130. The lowest BCUT2D eigenvalue weighted by Crippen LogP contribution is -2.29. The largest absolute Gasteiger partial charge is 0.299 e. The van der Waals surface area contributed by atoms with E-state index in [0.29, 0.717) is 17.1 Å². The second kappa shape index (κ2) is 2.37. The predicted octanol–water partition coefficient (Wildman–Crippen LogP) is 2.40. The summed E-state index contributed by atoms with van der Waals surface area (Å²) in [6.45, 7) is 6.58. The Morgan fingerprint density at radius 3 is 2.20 bits per heavy atom. The highest BCUT2D eigenvalue weighted by molar-refractivity contribution is 5.86. The van der Waals surface area contributed by atoms with Gasteiger partial charge in [-0.3, -0.25) is 4.79 Å². The molecule has 1 aliphatic rings. The zero-order valence-corrected chi connectivity index (χ0v) is 7.11. The van der Waals surface area contributed by atoms with Crippen molar-refractivity contribution < 1.29 is 4.79 Å². The van der Waals surface area contributed by atoms with Crippen LogP contribution < -0.4 is 0 Å². The van der Waals surface area contributed by atoms with Gasteiger partial charge in [-0.2, -0.15) is 0 Å². The average Bonchev–Trinajstić information content (AvgIpc) is 1.78. The van der Waals surface area contributed by atoms with E-state index in [1.54, 1.807) is 0 Å². The van der Waals surface area contributed by atoms with Gasteiger partial charge in [0.25, 0.3) is 0 Å². The minimum Gasteiger partial charge on any atom is -0.299 e. The van der Waals surface area contributed by atoms with Crippen LogP contribution in [0, 0.1) is 11.3 Å². The van der Waals surface area contributed by atoms with Crippen LogP contribution in [-0.2, 0) is 4.79 Å². The van der Waals surface area contributed by atoms with Gasteiger partial charge < -0.3 is 0 Å². The van der Waals surface area contributed by atoms with E-state index in [1.807, 2.05) is 0 Å². The molecule has 0 radical (unpaired) electrons. The van der Waals surface area contributed by atoms with Crippen molar-refractivity contribution >= 4 is 5.78 Å². The molecule has 0 bridgehead atoms. The number of ketones is 1. The van der Waals surface area contributed by atoms with Gasteiger partial charge in [-0.05, 0) is 18.3 Å². The molecule has 0 aromatic rings. The van der Waals surface area contributed by atoms with E-state index in [1.165, 1.54) is 0 Å². The van der Waals surface area contributed by atoms with E-state index in [-0.39, 0.29) is 0 Å². The third-order valence-electron chi connectivity index (χ3n) is 2.05. The second-order valence-corrected chi connectivity index (χ2v) is 4.47. The normalized spacial score (nSPS) is 26.3. The van der Waals surface area contributed by atoms with Crippen LogP contribution in [0.2, 0.25) is 0 Å². The molecule has 0 saturated heterocycles. The molecule has 10 heavy (non-hydrogen) atoms. The number of carbonyl (C=O) groups excluding carboxylic acids is 1. The molecule has 0 spiro atoms. The van der Waals surface area contributed by atoms with Crippen molar-refractivity contribution in [3.05, 3.63) is 0 Å². The molecule has 1 heteroatoms. The van der Waals surface area contributed by atoms with Gasteiger partial charge >= 0.3 is 0 Å². The molecule has 1 nitrogen and oxygen atoms in total. The zero-order valence-electron chi connectivity index (χ0n) is 7.11. The molecule has 0 aromatic heterocycles. The minimum absolute atomic E-state index is 0.334. The van der Waals surface area contributed by atoms with Crippen molar-refractivity contribution in [2.45, 2.75) is 40.0 Å². The van der Waals surface area contributed by atoms with Crippen LogP contribution in [0.4, 0.5) is 0 Å². The summed E-state index contributed by atoms with van der Waals surface area (Å²) in [7, 11) is 0. The van der Waals surface area contributed by atoms with Gasteiger partial charge in [0, 0.05) is 12.3 Å². The summed E-state index contributed by atoms with van der Waals surface area (Å²) < 4.78 is 0. The molecule has 1 aliphatic carbocycles. The van der Waals surface area contributed by atoms with Crippen molar-refractivity contribution in [2.75, 3.05) is 0 Å². The molecule has 1 fully saturated rings. The SMILES string of the molecule is CC(C)(C)CC1CCC1=O. The summed E-state index contributed by atoms with van der Waals surface area (Å²) in [6, 6.07) is 0. The summed E-state index contributed by atoms with van der Waals surface area (Å²) in [5.74, 6) is 0.884. The van der Waals surface area contributed by atoms with Crippen LogP contribution in [0.1, 0.15) is 40.0 Å². The van der Waals surface area contributed by atoms with Crippen molar-refractivity contribution in [1.82, 2.24) is 0 Å². The lowest BCUT2D eigenvalue weighted by Gasteiger charge is -2.30. The third-order valence-corrected chi connectivity index (χ3v) is 2.05. The highest BCUT2D eigenvalue weighted by Crippen LogP contribution is 2.34. The number of carbonyl (C=O) groups is 1. The van der Waals surface area contributed by atoms with E-state index in [2.05, 4.69) is 20.8 Å². The maximum absolute atomic E-state index is 10.9. The summed E-state index contributed by atoms with van der Waals surface area (Å²) in [5.41, 5.74) is 0.334. The highest BCUT2D eigenvalue weighted by Gasteiger charge is 2.31. The Balaban J connectivity index is 2.32. The number of hydrogen-bond acceptors (Lipinski definition) is 1. The zero-order chi connectivity index (χ0) is 7.78. The fraction of sp³-hybridized carbons (Fsp3) is 0.889. The quantitative estimate of drug-likeness (QED) is 0.546. The fourth-order valence-corrected chi connectivity index (χ4v) is 1.42. The topological polar surface area (TPSA) is 17.1 Å². The number of hydrogen-bond donors (Lipinski definition) is 0. The first-order chi connectivity index (χ1) is 4.49. The van der Waals surface area contributed by atoms with Gasteiger partial charge in [0.1, 0.15) is 5.78 Å². The van der Waals surface area contributed by atoms with E-state index >= 15 is 0 Å². The van der Waals surface area contributed by atoms with Gasteiger partial charge in [-0.25, -0.2) is 0 Å². The molecule has 1 atom stereocenters. The molecular formula is C9H16O. The van der Waals surface area contributed by atoms with Crippen LogP contribution in [0.3, 0.4) is 0 Å². The Labute approximate surface area is 62.8 Å².